The number of hydrogen-bond acceptors (Lipinski definition) is 6. The van der Waals surface area contributed by atoms with Crippen LogP contribution in [0.5, 0.6) is 0 Å². The number of nitrogens with two attached hydrogens (primary N) is 1. The minimum Gasteiger partial charge on any atom is -0.334 e. The highest BCUT2D eigenvalue weighted by molar-refractivity contribution is 7.09. The highest BCUT2D eigenvalue weighted by Gasteiger charge is 2.16. The van der Waals surface area contributed by atoms with Gasteiger partial charge in [0.05, 0.1) is 30.0 Å². The molecule has 0 saturated heterocycles. The Morgan fingerprint density at radius 3 is 3.00 bits per heavy atom. The molecule has 0 aliphatic rings. The molecule has 0 radical (unpaired) electrons. The van der Waals surface area contributed by atoms with Crippen molar-refractivity contribution in [2.75, 3.05) is 13.6 Å². The Morgan fingerprint density at radius 2 is 2.37 bits per heavy atom. The number of aryl methyl sites for hydroxylation is 1. The van der Waals surface area contributed by atoms with Crippen LogP contribution in [0.25, 0.3) is 0 Å². The first-order valence-corrected chi connectivity index (χ1v) is 6.75. The van der Waals surface area contributed by atoms with E-state index >= 15 is 0 Å². The highest BCUT2D eigenvalue weighted by Crippen LogP contribution is 2.11. The van der Waals surface area contributed by atoms with Gasteiger partial charge in [-0.15, -0.1) is 16.4 Å². The van der Waals surface area contributed by atoms with Gasteiger partial charge in [0.15, 0.2) is 5.69 Å². The number of rotatable bonds is 5. The van der Waals surface area contributed by atoms with Gasteiger partial charge in [0.25, 0.3) is 5.91 Å². The largest absolute Gasteiger partial charge is 0.334 e. The number of carbonyl (C=O) groups is 1. The van der Waals surface area contributed by atoms with E-state index in [9.17, 15) is 4.79 Å². The molecule has 2 rings (SSSR count). The molecule has 0 bridgehead atoms. The van der Waals surface area contributed by atoms with Gasteiger partial charge in [0.1, 0.15) is 0 Å². The van der Waals surface area contributed by atoms with Crippen LogP contribution in [-0.2, 0) is 13.1 Å². The van der Waals surface area contributed by atoms with Gasteiger partial charge in [-0.1, -0.05) is 5.21 Å². The molecule has 102 valence electrons. The molecule has 0 unspecified atom stereocenters. The first-order valence-electron chi connectivity index (χ1n) is 5.87. The predicted molar refractivity (Wildman–Crippen MR) is 71.7 cm³/mol. The summed E-state index contributed by atoms with van der Waals surface area (Å²) in [4.78, 5) is 18.0. The molecule has 0 aliphatic heterocycles. The van der Waals surface area contributed by atoms with Crippen molar-refractivity contribution < 1.29 is 4.79 Å². The SMILES string of the molecule is Cc1nc(CN(C)C(=O)c2cn(CCN)nn2)cs1. The lowest BCUT2D eigenvalue weighted by Crippen LogP contribution is -2.26. The molecule has 0 aromatic carbocycles. The molecule has 2 heterocycles. The molecule has 0 spiro atoms. The minimum absolute atomic E-state index is 0.172. The molecule has 19 heavy (non-hydrogen) atoms. The average Bonchev–Trinajstić information content (AvgIpc) is 2.98. The van der Waals surface area contributed by atoms with E-state index in [1.807, 2.05) is 12.3 Å². The number of aromatic nitrogens is 4. The summed E-state index contributed by atoms with van der Waals surface area (Å²) in [6.45, 7) is 3.42. The third-order valence-corrected chi connectivity index (χ3v) is 3.35. The first kappa shape index (κ1) is 13.6. The van der Waals surface area contributed by atoms with Gasteiger partial charge in [-0.05, 0) is 6.92 Å². The Hall–Kier alpha value is -1.80. The quantitative estimate of drug-likeness (QED) is 0.849. The van der Waals surface area contributed by atoms with E-state index in [2.05, 4.69) is 15.3 Å². The maximum atomic E-state index is 12.1. The second kappa shape index (κ2) is 5.89. The van der Waals surface area contributed by atoms with E-state index in [1.165, 1.54) is 0 Å². The Bertz CT molecular complexity index is 563. The second-order valence-corrected chi connectivity index (χ2v) is 5.24. The summed E-state index contributed by atoms with van der Waals surface area (Å²) in [5.74, 6) is -0.172. The van der Waals surface area contributed by atoms with E-state index in [0.717, 1.165) is 10.7 Å². The van der Waals surface area contributed by atoms with Crippen LogP contribution in [0.15, 0.2) is 11.6 Å². The Morgan fingerprint density at radius 1 is 1.58 bits per heavy atom. The van der Waals surface area contributed by atoms with Crippen molar-refractivity contribution >= 4 is 17.2 Å². The van der Waals surface area contributed by atoms with Crippen molar-refractivity contribution in [3.63, 3.8) is 0 Å². The summed E-state index contributed by atoms with van der Waals surface area (Å²) in [7, 11) is 1.72. The summed E-state index contributed by atoms with van der Waals surface area (Å²) in [6.07, 6.45) is 1.61. The van der Waals surface area contributed by atoms with Crippen molar-refractivity contribution in [2.24, 2.45) is 5.73 Å². The fraction of sp³-hybridized carbons (Fsp3) is 0.455. The molecule has 2 aromatic heterocycles. The fourth-order valence-electron chi connectivity index (χ4n) is 1.63. The molecule has 7 nitrogen and oxygen atoms in total. The van der Waals surface area contributed by atoms with E-state index in [-0.39, 0.29) is 5.91 Å². The lowest BCUT2D eigenvalue weighted by Gasteiger charge is -2.13. The summed E-state index contributed by atoms with van der Waals surface area (Å²) >= 11 is 1.57. The van der Waals surface area contributed by atoms with E-state index < -0.39 is 0 Å². The van der Waals surface area contributed by atoms with Crippen LogP contribution in [0.4, 0.5) is 0 Å². The minimum atomic E-state index is -0.172. The second-order valence-electron chi connectivity index (χ2n) is 4.17. The standard InChI is InChI=1S/C11H16N6OS/c1-8-13-9(7-19-8)5-16(2)11(18)10-6-17(4-3-12)15-14-10/h6-7H,3-5,12H2,1-2H3. The van der Waals surface area contributed by atoms with Gasteiger partial charge in [0.2, 0.25) is 0 Å². The maximum Gasteiger partial charge on any atom is 0.276 e. The molecule has 0 fully saturated rings. The van der Waals surface area contributed by atoms with Crippen LogP contribution in [0.1, 0.15) is 21.2 Å². The van der Waals surface area contributed by atoms with Crippen LogP contribution in [0.3, 0.4) is 0 Å². The Labute approximate surface area is 115 Å². The van der Waals surface area contributed by atoms with Gasteiger partial charge in [-0.2, -0.15) is 0 Å². The van der Waals surface area contributed by atoms with Crippen LogP contribution in [-0.4, -0.2) is 44.4 Å². The van der Waals surface area contributed by atoms with Crippen LogP contribution in [0, 0.1) is 6.92 Å². The number of hydrogen-bond donors (Lipinski definition) is 1. The van der Waals surface area contributed by atoms with Gasteiger partial charge in [-0.3, -0.25) is 9.48 Å². The third kappa shape index (κ3) is 3.36. The molecule has 2 aromatic rings. The number of amides is 1. The normalized spacial score (nSPS) is 10.7. The topological polar surface area (TPSA) is 89.9 Å². The highest BCUT2D eigenvalue weighted by atomic mass is 32.1. The van der Waals surface area contributed by atoms with Crippen LogP contribution in [0.2, 0.25) is 0 Å². The van der Waals surface area contributed by atoms with E-state index in [4.69, 9.17) is 5.73 Å². The Balaban J connectivity index is 2.01. The zero-order chi connectivity index (χ0) is 13.8. The van der Waals surface area contributed by atoms with Gasteiger partial charge in [-0.25, -0.2) is 4.98 Å². The zero-order valence-electron chi connectivity index (χ0n) is 10.9. The molecular formula is C11H16N6OS. The first-order chi connectivity index (χ1) is 9.10. The van der Waals surface area contributed by atoms with Crippen molar-refractivity contribution in [1.82, 2.24) is 24.9 Å². The smallest absolute Gasteiger partial charge is 0.276 e. The summed E-state index contributed by atoms with van der Waals surface area (Å²) < 4.78 is 1.56. The maximum absolute atomic E-state index is 12.1. The van der Waals surface area contributed by atoms with Crippen molar-refractivity contribution in [1.29, 1.82) is 0 Å². The number of nitrogens with zero attached hydrogens (tertiary/aromatic N) is 5. The summed E-state index contributed by atoms with van der Waals surface area (Å²) in [5.41, 5.74) is 6.62. The van der Waals surface area contributed by atoms with Crippen molar-refractivity contribution in [3.05, 3.63) is 28.0 Å². The molecule has 2 N–H and O–H groups in total. The Kier molecular flexibility index (Phi) is 4.23. The van der Waals surface area contributed by atoms with Gasteiger partial charge >= 0.3 is 0 Å². The lowest BCUT2D eigenvalue weighted by atomic mass is 10.3. The number of thiazole rings is 1. The molecule has 8 heteroatoms. The molecular weight excluding hydrogens is 264 g/mol. The van der Waals surface area contributed by atoms with Gasteiger partial charge in [0, 0.05) is 19.0 Å². The molecule has 0 aliphatic carbocycles. The monoisotopic (exact) mass is 280 g/mol. The molecule has 1 amide bonds. The number of carbonyl (C=O) groups excluding carboxylic acids is 1. The van der Waals surface area contributed by atoms with Crippen LogP contribution >= 0.6 is 11.3 Å². The predicted octanol–water partition coefficient (Wildman–Crippen LogP) is 0.274. The van der Waals surface area contributed by atoms with E-state index in [0.29, 0.717) is 25.3 Å². The van der Waals surface area contributed by atoms with E-state index in [1.54, 1.807) is 34.2 Å². The average molecular weight is 280 g/mol. The summed E-state index contributed by atoms with van der Waals surface area (Å²) in [6, 6.07) is 0. The van der Waals surface area contributed by atoms with Crippen molar-refractivity contribution in [3.8, 4) is 0 Å². The van der Waals surface area contributed by atoms with Crippen molar-refractivity contribution in [2.45, 2.75) is 20.0 Å². The fourth-order valence-corrected chi connectivity index (χ4v) is 2.23. The third-order valence-electron chi connectivity index (χ3n) is 2.53. The zero-order valence-corrected chi connectivity index (χ0v) is 11.7. The lowest BCUT2D eigenvalue weighted by molar-refractivity contribution is 0.0777. The molecule has 0 saturated carbocycles. The van der Waals surface area contributed by atoms with Gasteiger partial charge < -0.3 is 10.6 Å². The summed E-state index contributed by atoms with van der Waals surface area (Å²) in [5, 5.41) is 10.6. The molecule has 0 atom stereocenters. The van der Waals surface area contributed by atoms with Crippen LogP contribution < -0.4 is 5.73 Å².